The van der Waals surface area contributed by atoms with Crippen LogP contribution in [0.3, 0.4) is 0 Å². The van der Waals surface area contributed by atoms with E-state index in [1.807, 2.05) is 0 Å². The first-order valence-corrected chi connectivity index (χ1v) is 5.16. The maximum absolute atomic E-state index is 10.5. The zero-order valence-electron chi connectivity index (χ0n) is 9.09. The summed E-state index contributed by atoms with van der Waals surface area (Å²) in [7, 11) is 0. The van der Waals surface area contributed by atoms with Gasteiger partial charge in [0.05, 0.1) is 4.92 Å². The van der Waals surface area contributed by atoms with Gasteiger partial charge in [0.25, 0.3) is 11.5 Å². The maximum atomic E-state index is 10.5. The summed E-state index contributed by atoms with van der Waals surface area (Å²) in [4.78, 5) is 18.4. The van der Waals surface area contributed by atoms with Gasteiger partial charge in [0, 0.05) is 30.1 Å². The molecule has 3 rings (SSSR count). The molecule has 2 heterocycles. The van der Waals surface area contributed by atoms with Gasteiger partial charge >= 0.3 is 0 Å². The van der Waals surface area contributed by atoms with Gasteiger partial charge in [-0.3, -0.25) is 10.1 Å². The van der Waals surface area contributed by atoms with Crippen molar-refractivity contribution in [2.45, 2.75) is 0 Å². The van der Waals surface area contributed by atoms with Gasteiger partial charge in [-0.05, 0) is 18.2 Å². The van der Waals surface area contributed by atoms with Gasteiger partial charge in [0.2, 0.25) is 0 Å². The lowest BCUT2D eigenvalue weighted by atomic mass is 10.2. The van der Waals surface area contributed by atoms with E-state index in [1.165, 1.54) is 12.1 Å². The Kier molecular flexibility index (Phi) is 2.23. The molecule has 7 nitrogen and oxygen atoms in total. The van der Waals surface area contributed by atoms with Crippen LogP contribution in [-0.4, -0.2) is 24.5 Å². The van der Waals surface area contributed by atoms with E-state index in [2.05, 4.69) is 15.1 Å². The van der Waals surface area contributed by atoms with Crippen LogP contribution in [0.25, 0.3) is 17.2 Å². The van der Waals surface area contributed by atoms with Gasteiger partial charge in [-0.25, -0.2) is 9.50 Å². The minimum absolute atomic E-state index is 0.0423. The lowest BCUT2D eigenvalue weighted by Gasteiger charge is -1.94. The standard InChI is InChI=1S/C11H7N5O2/c17-16(18)9-4-2-8(3-5-9)10-13-11-12-6-1-7-15(11)14-10/h1-7H. The Hall–Kier alpha value is -2.83. The summed E-state index contributed by atoms with van der Waals surface area (Å²) in [5.41, 5.74) is 0.756. The fraction of sp³-hybridized carbons (Fsp3) is 0. The molecular formula is C11H7N5O2. The molecule has 0 bridgehead atoms. The molecule has 18 heavy (non-hydrogen) atoms. The van der Waals surface area contributed by atoms with Crippen molar-refractivity contribution in [3.8, 4) is 11.4 Å². The lowest BCUT2D eigenvalue weighted by Crippen LogP contribution is -1.88. The van der Waals surface area contributed by atoms with Crippen LogP contribution in [0.15, 0.2) is 42.7 Å². The molecular weight excluding hydrogens is 234 g/mol. The molecule has 0 saturated heterocycles. The molecule has 0 saturated carbocycles. The molecule has 0 fully saturated rings. The molecule has 0 aliphatic carbocycles. The number of nitro groups is 1. The highest BCUT2D eigenvalue weighted by atomic mass is 16.6. The van der Waals surface area contributed by atoms with E-state index >= 15 is 0 Å². The lowest BCUT2D eigenvalue weighted by molar-refractivity contribution is -0.384. The summed E-state index contributed by atoms with van der Waals surface area (Å²) in [6.07, 6.45) is 3.37. The van der Waals surface area contributed by atoms with Crippen molar-refractivity contribution in [2.75, 3.05) is 0 Å². The number of hydrogen-bond donors (Lipinski definition) is 0. The minimum atomic E-state index is -0.442. The second-order valence-electron chi connectivity index (χ2n) is 3.60. The van der Waals surface area contributed by atoms with Gasteiger partial charge in [-0.1, -0.05) is 0 Å². The van der Waals surface area contributed by atoms with Crippen LogP contribution in [0.4, 0.5) is 5.69 Å². The molecule has 0 aliphatic heterocycles. The number of benzene rings is 1. The molecule has 2 aromatic heterocycles. The summed E-state index contributed by atoms with van der Waals surface area (Å²) >= 11 is 0. The van der Waals surface area contributed by atoms with E-state index < -0.39 is 4.92 Å². The Morgan fingerprint density at radius 3 is 2.67 bits per heavy atom. The molecule has 0 N–H and O–H groups in total. The van der Waals surface area contributed by atoms with Crippen molar-refractivity contribution >= 4 is 11.5 Å². The summed E-state index contributed by atoms with van der Waals surface area (Å²) in [6.45, 7) is 0. The van der Waals surface area contributed by atoms with Crippen molar-refractivity contribution in [1.29, 1.82) is 0 Å². The summed E-state index contributed by atoms with van der Waals surface area (Å²) in [5, 5.41) is 14.8. The third-order valence-electron chi connectivity index (χ3n) is 2.45. The summed E-state index contributed by atoms with van der Waals surface area (Å²) in [6, 6.07) is 7.84. The molecule has 88 valence electrons. The molecule has 0 spiro atoms. The number of non-ortho nitro benzene ring substituents is 1. The highest BCUT2D eigenvalue weighted by Crippen LogP contribution is 2.19. The van der Waals surface area contributed by atoms with Crippen molar-refractivity contribution in [3.63, 3.8) is 0 Å². The smallest absolute Gasteiger partial charge is 0.258 e. The quantitative estimate of drug-likeness (QED) is 0.503. The van der Waals surface area contributed by atoms with Crippen molar-refractivity contribution in [3.05, 3.63) is 52.8 Å². The van der Waals surface area contributed by atoms with E-state index in [9.17, 15) is 10.1 Å². The third kappa shape index (κ3) is 1.67. The molecule has 0 amide bonds. The van der Waals surface area contributed by atoms with Gasteiger partial charge in [-0.2, -0.15) is 4.98 Å². The SMILES string of the molecule is O=[N+]([O-])c1ccc(-c2nc3ncccn3n2)cc1. The van der Waals surface area contributed by atoms with Gasteiger partial charge in [-0.15, -0.1) is 5.10 Å². The first-order valence-electron chi connectivity index (χ1n) is 5.16. The van der Waals surface area contributed by atoms with Crippen LogP contribution >= 0.6 is 0 Å². The van der Waals surface area contributed by atoms with Gasteiger partial charge in [0.1, 0.15) is 0 Å². The molecule has 1 aromatic carbocycles. The zero-order chi connectivity index (χ0) is 12.5. The Morgan fingerprint density at radius 1 is 1.22 bits per heavy atom. The molecule has 0 radical (unpaired) electrons. The van der Waals surface area contributed by atoms with E-state index in [0.29, 0.717) is 17.2 Å². The van der Waals surface area contributed by atoms with Crippen molar-refractivity contribution in [2.24, 2.45) is 0 Å². The van der Waals surface area contributed by atoms with Crippen LogP contribution in [0.5, 0.6) is 0 Å². The van der Waals surface area contributed by atoms with Crippen LogP contribution in [-0.2, 0) is 0 Å². The van der Waals surface area contributed by atoms with Crippen molar-refractivity contribution in [1.82, 2.24) is 19.6 Å². The number of nitrogens with zero attached hydrogens (tertiary/aromatic N) is 5. The summed E-state index contributed by atoms with van der Waals surface area (Å²) in [5.74, 6) is 0.981. The second-order valence-corrected chi connectivity index (χ2v) is 3.60. The van der Waals surface area contributed by atoms with E-state index in [1.54, 1.807) is 35.1 Å². The Balaban J connectivity index is 2.06. The number of rotatable bonds is 2. The third-order valence-corrected chi connectivity index (χ3v) is 2.45. The predicted octanol–water partition coefficient (Wildman–Crippen LogP) is 1.70. The molecule has 0 aliphatic rings. The predicted molar refractivity (Wildman–Crippen MR) is 62.9 cm³/mol. The normalized spacial score (nSPS) is 10.7. The highest BCUT2D eigenvalue weighted by molar-refractivity contribution is 5.58. The maximum Gasteiger partial charge on any atom is 0.269 e. The summed E-state index contributed by atoms with van der Waals surface area (Å²) < 4.78 is 1.55. The molecule has 3 aromatic rings. The van der Waals surface area contributed by atoms with Gasteiger partial charge < -0.3 is 0 Å². The first-order chi connectivity index (χ1) is 8.74. The minimum Gasteiger partial charge on any atom is -0.258 e. The average molecular weight is 241 g/mol. The Bertz CT molecular complexity index is 687. The van der Waals surface area contributed by atoms with Crippen molar-refractivity contribution < 1.29 is 4.92 Å². The molecule has 0 atom stereocenters. The fourth-order valence-corrected chi connectivity index (χ4v) is 1.59. The van der Waals surface area contributed by atoms with Crippen LogP contribution < -0.4 is 0 Å². The fourth-order valence-electron chi connectivity index (χ4n) is 1.59. The first kappa shape index (κ1) is 10.3. The Morgan fingerprint density at radius 2 is 2.00 bits per heavy atom. The van der Waals surface area contributed by atoms with E-state index in [0.717, 1.165) is 0 Å². The number of fused-ring (bicyclic) bond motifs is 1. The molecule has 7 heteroatoms. The van der Waals surface area contributed by atoms with Crippen LogP contribution in [0.2, 0.25) is 0 Å². The van der Waals surface area contributed by atoms with Crippen LogP contribution in [0.1, 0.15) is 0 Å². The largest absolute Gasteiger partial charge is 0.269 e. The topological polar surface area (TPSA) is 86.2 Å². The van der Waals surface area contributed by atoms with E-state index in [4.69, 9.17) is 0 Å². The number of nitro benzene ring substituents is 1. The highest BCUT2D eigenvalue weighted by Gasteiger charge is 2.09. The van der Waals surface area contributed by atoms with Gasteiger partial charge in [0.15, 0.2) is 5.82 Å². The zero-order valence-corrected chi connectivity index (χ0v) is 9.09. The average Bonchev–Trinajstić information content (AvgIpc) is 2.82. The monoisotopic (exact) mass is 241 g/mol. The van der Waals surface area contributed by atoms with E-state index in [-0.39, 0.29) is 5.69 Å². The van der Waals surface area contributed by atoms with Crippen LogP contribution in [0, 0.1) is 10.1 Å². The second kappa shape index (κ2) is 3.88. The molecule has 0 unspecified atom stereocenters. The number of aromatic nitrogens is 4. The Labute approximate surface area is 101 Å². The number of hydrogen-bond acceptors (Lipinski definition) is 5.